The Hall–Kier alpha value is -3.02. The summed E-state index contributed by atoms with van der Waals surface area (Å²) in [6, 6.07) is 8.40. The van der Waals surface area contributed by atoms with E-state index < -0.39 is 5.82 Å². The van der Waals surface area contributed by atoms with Crippen molar-refractivity contribution in [1.29, 1.82) is 0 Å². The molecule has 144 valence electrons. The molecule has 0 bridgehead atoms. The van der Waals surface area contributed by atoms with E-state index in [0.717, 1.165) is 5.56 Å². The molecule has 0 amide bonds. The van der Waals surface area contributed by atoms with Crippen LogP contribution in [0.4, 0.5) is 4.39 Å². The highest BCUT2D eigenvalue weighted by Crippen LogP contribution is 2.49. The van der Waals surface area contributed by atoms with E-state index in [2.05, 4.69) is 4.98 Å². The zero-order valence-electron chi connectivity index (χ0n) is 15.5. The van der Waals surface area contributed by atoms with Crippen LogP contribution in [0.2, 0.25) is 0 Å². The lowest BCUT2D eigenvalue weighted by molar-refractivity contribution is 0.163. The second-order valence-corrected chi connectivity index (χ2v) is 7.22. The van der Waals surface area contributed by atoms with Crippen LogP contribution in [0.3, 0.4) is 0 Å². The maximum Gasteiger partial charge on any atom is 0.204 e. The van der Waals surface area contributed by atoms with Crippen LogP contribution < -0.4 is 18.9 Å². The maximum atomic E-state index is 14.3. The van der Waals surface area contributed by atoms with Crippen LogP contribution in [0.25, 0.3) is 10.9 Å². The minimum Gasteiger partial charge on any atom is -0.489 e. The number of benzene rings is 2. The molecule has 2 aliphatic rings. The third-order valence-corrected chi connectivity index (χ3v) is 4.92. The van der Waals surface area contributed by atoms with Crippen molar-refractivity contribution in [2.24, 2.45) is 5.92 Å². The molecule has 1 aliphatic heterocycles. The van der Waals surface area contributed by atoms with Crippen molar-refractivity contribution in [3.63, 3.8) is 0 Å². The van der Waals surface area contributed by atoms with Crippen molar-refractivity contribution in [2.75, 3.05) is 19.8 Å². The van der Waals surface area contributed by atoms with Crippen molar-refractivity contribution in [2.45, 2.75) is 19.8 Å². The smallest absolute Gasteiger partial charge is 0.204 e. The largest absolute Gasteiger partial charge is 0.489 e. The lowest BCUT2D eigenvalue weighted by Crippen LogP contribution is -2.17. The lowest BCUT2D eigenvalue weighted by atomic mass is 10.1. The highest BCUT2D eigenvalue weighted by Gasteiger charge is 2.27. The maximum absolute atomic E-state index is 14.3. The first-order chi connectivity index (χ1) is 13.7. The van der Waals surface area contributed by atoms with E-state index in [1.165, 1.54) is 18.9 Å². The number of aryl methyl sites for hydroxylation is 1. The second kappa shape index (κ2) is 6.86. The minimum absolute atomic E-state index is 0.151. The summed E-state index contributed by atoms with van der Waals surface area (Å²) < 4.78 is 37.9. The van der Waals surface area contributed by atoms with Crippen LogP contribution in [-0.4, -0.2) is 24.8 Å². The summed E-state index contributed by atoms with van der Waals surface area (Å²) in [7, 11) is 0. The van der Waals surface area contributed by atoms with Crippen molar-refractivity contribution in [1.82, 2.24) is 4.98 Å². The molecule has 3 aromatic rings. The fourth-order valence-electron chi connectivity index (χ4n) is 3.27. The lowest BCUT2D eigenvalue weighted by Gasteiger charge is -2.23. The SMILES string of the molecule is Cc1ccc(Oc2ccnc3cc(OCC4CC4)c4c(c23)OCCO4)c(F)c1. The van der Waals surface area contributed by atoms with Crippen LogP contribution in [0, 0.1) is 18.7 Å². The van der Waals surface area contributed by atoms with E-state index in [1.54, 1.807) is 24.4 Å². The number of hydrogen-bond acceptors (Lipinski definition) is 5. The molecule has 2 aromatic carbocycles. The first-order valence-corrected chi connectivity index (χ1v) is 9.47. The van der Waals surface area contributed by atoms with Crippen molar-refractivity contribution in [3.8, 4) is 28.7 Å². The summed E-state index contributed by atoms with van der Waals surface area (Å²) in [6.07, 6.45) is 4.03. The minimum atomic E-state index is -0.416. The van der Waals surface area contributed by atoms with Gasteiger partial charge in [0.2, 0.25) is 5.75 Å². The quantitative estimate of drug-likeness (QED) is 0.620. The van der Waals surface area contributed by atoms with E-state index in [-0.39, 0.29) is 5.75 Å². The number of aromatic nitrogens is 1. The summed E-state index contributed by atoms with van der Waals surface area (Å²) in [5.41, 5.74) is 1.48. The van der Waals surface area contributed by atoms with E-state index in [0.29, 0.717) is 59.6 Å². The third-order valence-electron chi connectivity index (χ3n) is 4.92. The molecule has 5 rings (SSSR count). The molecule has 1 saturated carbocycles. The number of hydrogen-bond donors (Lipinski definition) is 0. The summed E-state index contributed by atoms with van der Waals surface area (Å²) in [6.45, 7) is 3.36. The van der Waals surface area contributed by atoms with Gasteiger partial charge in [-0.1, -0.05) is 6.07 Å². The van der Waals surface area contributed by atoms with Crippen LogP contribution >= 0.6 is 0 Å². The van der Waals surface area contributed by atoms with Gasteiger partial charge in [-0.25, -0.2) is 4.39 Å². The summed E-state index contributed by atoms with van der Waals surface area (Å²) >= 11 is 0. The molecule has 6 heteroatoms. The van der Waals surface area contributed by atoms with Gasteiger partial charge in [0.1, 0.15) is 19.0 Å². The van der Waals surface area contributed by atoms with Gasteiger partial charge >= 0.3 is 0 Å². The van der Waals surface area contributed by atoms with Gasteiger partial charge in [0, 0.05) is 12.3 Å². The molecule has 1 aromatic heterocycles. The van der Waals surface area contributed by atoms with Crippen LogP contribution in [-0.2, 0) is 0 Å². The van der Waals surface area contributed by atoms with Crippen LogP contribution in [0.1, 0.15) is 18.4 Å². The second-order valence-electron chi connectivity index (χ2n) is 7.22. The Kier molecular flexibility index (Phi) is 4.19. The number of pyridine rings is 1. The monoisotopic (exact) mass is 381 g/mol. The van der Waals surface area contributed by atoms with Gasteiger partial charge in [0.05, 0.1) is 17.5 Å². The van der Waals surface area contributed by atoms with Gasteiger partial charge in [-0.15, -0.1) is 0 Å². The third kappa shape index (κ3) is 3.19. The fraction of sp³-hybridized carbons (Fsp3) is 0.318. The average molecular weight is 381 g/mol. The number of halogens is 1. The Balaban J connectivity index is 1.60. The van der Waals surface area contributed by atoms with Crippen molar-refractivity contribution < 1.29 is 23.3 Å². The predicted octanol–water partition coefficient (Wildman–Crippen LogP) is 5.03. The number of ether oxygens (including phenoxy) is 4. The number of fused-ring (bicyclic) bond motifs is 3. The molecule has 0 radical (unpaired) electrons. The molecule has 5 nitrogen and oxygen atoms in total. The van der Waals surface area contributed by atoms with Gasteiger partial charge in [-0.05, 0) is 49.4 Å². The van der Waals surface area contributed by atoms with Crippen LogP contribution in [0.15, 0.2) is 36.5 Å². The molecule has 0 spiro atoms. The number of nitrogens with zero attached hydrogens (tertiary/aromatic N) is 1. The Bertz CT molecular complexity index is 1050. The summed E-state index contributed by atoms with van der Waals surface area (Å²) in [5, 5.41) is 0.649. The van der Waals surface area contributed by atoms with Gasteiger partial charge < -0.3 is 18.9 Å². The van der Waals surface area contributed by atoms with Crippen molar-refractivity contribution >= 4 is 10.9 Å². The molecular formula is C22H20FNO4. The molecule has 0 N–H and O–H groups in total. The zero-order chi connectivity index (χ0) is 19.1. The molecule has 0 saturated heterocycles. The molecule has 28 heavy (non-hydrogen) atoms. The molecule has 1 fully saturated rings. The summed E-state index contributed by atoms with van der Waals surface area (Å²) in [4.78, 5) is 4.44. The Morgan fingerprint density at radius 3 is 2.64 bits per heavy atom. The predicted molar refractivity (Wildman–Crippen MR) is 102 cm³/mol. The van der Waals surface area contributed by atoms with E-state index in [4.69, 9.17) is 18.9 Å². The zero-order valence-corrected chi connectivity index (χ0v) is 15.5. The van der Waals surface area contributed by atoms with Crippen LogP contribution in [0.5, 0.6) is 28.7 Å². The Labute approximate surface area is 162 Å². The Morgan fingerprint density at radius 1 is 1.04 bits per heavy atom. The van der Waals surface area contributed by atoms with Gasteiger partial charge in [-0.3, -0.25) is 4.98 Å². The molecule has 0 unspecified atom stereocenters. The molecule has 1 aliphatic carbocycles. The standard InChI is InChI=1S/C22H20FNO4/c1-13-2-5-17(15(23)10-13)28-18-6-7-24-16-11-19(27-12-14-3-4-14)21-22(20(16)18)26-9-8-25-21/h2,5-7,10-11,14H,3-4,8-9,12H2,1H3. The highest BCUT2D eigenvalue weighted by atomic mass is 19.1. The molecular weight excluding hydrogens is 361 g/mol. The fourth-order valence-corrected chi connectivity index (χ4v) is 3.27. The first kappa shape index (κ1) is 17.1. The first-order valence-electron chi connectivity index (χ1n) is 9.47. The van der Waals surface area contributed by atoms with Gasteiger partial charge in [-0.2, -0.15) is 0 Å². The van der Waals surface area contributed by atoms with E-state index in [1.807, 2.05) is 13.0 Å². The summed E-state index contributed by atoms with van der Waals surface area (Å²) in [5.74, 6) is 2.52. The average Bonchev–Trinajstić information content (AvgIpc) is 3.53. The number of rotatable bonds is 5. The van der Waals surface area contributed by atoms with E-state index in [9.17, 15) is 4.39 Å². The topological polar surface area (TPSA) is 49.8 Å². The molecule has 0 atom stereocenters. The Morgan fingerprint density at radius 2 is 1.86 bits per heavy atom. The van der Waals surface area contributed by atoms with E-state index >= 15 is 0 Å². The molecule has 2 heterocycles. The van der Waals surface area contributed by atoms with Gasteiger partial charge in [0.15, 0.2) is 23.1 Å². The normalized spacial score (nSPS) is 15.5. The van der Waals surface area contributed by atoms with Gasteiger partial charge in [0.25, 0.3) is 0 Å². The van der Waals surface area contributed by atoms with Crippen molar-refractivity contribution in [3.05, 3.63) is 47.9 Å². The highest BCUT2D eigenvalue weighted by molar-refractivity contribution is 5.95.